The van der Waals surface area contributed by atoms with Crippen molar-refractivity contribution in [1.82, 2.24) is 0 Å². The van der Waals surface area contributed by atoms with Crippen molar-refractivity contribution in [3.05, 3.63) is 29.7 Å². The van der Waals surface area contributed by atoms with Crippen LogP contribution in [0.4, 0.5) is 0 Å². The van der Waals surface area contributed by atoms with Gasteiger partial charge in [0.15, 0.2) is 11.5 Å². The number of benzene rings is 1. The molecule has 1 aromatic rings. The van der Waals surface area contributed by atoms with E-state index in [0.717, 1.165) is 5.56 Å². The Labute approximate surface area is 127 Å². The Balaban J connectivity index is 2.12. The van der Waals surface area contributed by atoms with Gasteiger partial charge in [-0.25, -0.2) is 0 Å². The normalized spacial score (nSPS) is 20.0. The lowest BCUT2D eigenvalue weighted by Gasteiger charge is -2.32. The largest absolute Gasteiger partial charge is 0.493 e. The summed E-state index contributed by atoms with van der Waals surface area (Å²) in [5, 5.41) is 0. The fourth-order valence-electron chi connectivity index (χ4n) is 2.11. The summed E-state index contributed by atoms with van der Waals surface area (Å²) in [4.78, 5) is 0. The van der Waals surface area contributed by atoms with Gasteiger partial charge in [0.2, 0.25) is 0 Å². The van der Waals surface area contributed by atoms with Crippen LogP contribution in [0.1, 0.15) is 33.3 Å². The molecular formula is C16H23BO4. The molecule has 1 aliphatic heterocycles. The molecule has 21 heavy (non-hydrogen) atoms. The highest BCUT2D eigenvalue weighted by Crippen LogP contribution is 2.37. The topological polar surface area (TPSA) is 36.9 Å². The first-order valence-corrected chi connectivity index (χ1v) is 7.05. The van der Waals surface area contributed by atoms with Crippen LogP contribution in [-0.4, -0.2) is 32.5 Å². The lowest BCUT2D eigenvalue weighted by Crippen LogP contribution is -2.41. The SMILES string of the molecule is COc1ccc(C=CB2OC(C)(C)C(C)(C)O2)cc1OC. The molecule has 0 spiro atoms. The molecule has 0 atom stereocenters. The van der Waals surface area contributed by atoms with Gasteiger partial charge < -0.3 is 18.8 Å². The Kier molecular flexibility index (Phi) is 4.35. The van der Waals surface area contributed by atoms with Crippen LogP contribution in [0.2, 0.25) is 0 Å². The Bertz CT molecular complexity index is 521. The van der Waals surface area contributed by atoms with Crippen molar-refractivity contribution < 1.29 is 18.8 Å². The van der Waals surface area contributed by atoms with E-state index in [4.69, 9.17) is 18.8 Å². The van der Waals surface area contributed by atoms with E-state index in [9.17, 15) is 0 Å². The second-order valence-corrected chi connectivity index (χ2v) is 6.10. The van der Waals surface area contributed by atoms with Gasteiger partial charge in [-0.05, 0) is 45.4 Å². The molecule has 4 nitrogen and oxygen atoms in total. The zero-order valence-electron chi connectivity index (χ0n) is 13.6. The zero-order chi connectivity index (χ0) is 15.7. The fourth-order valence-corrected chi connectivity index (χ4v) is 2.11. The minimum Gasteiger partial charge on any atom is -0.493 e. The average Bonchev–Trinajstić information content (AvgIpc) is 2.64. The third kappa shape index (κ3) is 3.25. The molecule has 5 heteroatoms. The quantitative estimate of drug-likeness (QED) is 0.797. The summed E-state index contributed by atoms with van der Waals surface area (Å²) in [5.74, 6) is 3.33. The second-order valence-electron chi connectivity index (χ2n) is 6.10. The lowest BCUT2D eigenvalue weighted by atomic mass is 9.89. The van der Waals surface area contributed by atoms with Gasteiger partial charge >= 0.3 is 7.12 Å². The Hall–Kier alpha value is -1.46. The van der Waals surface area contributed by atoms with Crippen molar-refractivity contribution in [2.75, 3.05) is 14.2 Å². The van der Waals surface area contributed by atoms with Crippen molar-refractivity contribution in [3.63, 3.8) is 0 Å². The Morgan fingerprint density at radius 3 is 2.05 bits per heavy atom. The molecule has 0 amide bonds. The minimum absolute atomic E-state index is 0.320. The molecular weight excluding hydrogens is 267 g/mol. The minimum atomic E-state index is -0.344. The van der Waals surface area contributed by atoms with Gasteiger partial charge in [0, 0.05) is 0 Å². The molecule has 0 saturated carbocycles. The fraction of sp³-hybridized carbons (Fsp3) is 0.500. The Morgan fingerprint density at radius 1 is 0.952 bits per heavy atom. The summed E-state index contributed by atoms with van der Waals surface area (Å²) in [6.07, 6.45) is 1.96. The first-order valence-electron chi connectivity index (χ1n) is 7.05. The summed E-state index contributed by atoms with van der Waals surface area (Å²) >= 11 is 0. The highest BCUT2D eigenvalue weighted by molar-refractivity contribution is 6.52. The van der Waals surface area contributed by atoms with Gasteiger partial charge in [-0.15, -0.1) is 0 Å². The van der Waals surface area contributed by atoms with Crippen molar-refractivity contribution in [1.29, 1.82) is 0 Å². The van der Waals surface area contributed by atoms with E-state index in [2.05, 4.69) is 0 Å². The molecule has 114 valence electrons. The van der Waals surface area contributed by atoms with E-state index >= 15 is 0 Å². The molecule has 0 N–H and O–H groups in total. The van der Waals surface area contributed by atoms with Crippen molar-refractivity contribution in [2.45, 2.75) is 38.9 Å². The van der Waals surface area contributed by atoms with Gasteiger partial charge in [-0.1, -0.05) is 18.1 Å². The van der Waals surface area contributed by atoms with Crippen LogP contribution in [0.25, 0.3) is 6.08 Å². The highest BCUT2D eigenvalue weighted by atomic mass is 16.7. The van der Waals surface area contributed by atoms with Gasteiger partial charge in [0.05, 0.1) is 25.4 Å². The standard InChI is InChI=1S/C16H23BO4/c1-15(2)16(3,4)21-17(20-15)10-9-12-7-8-13(18-5)14(11-12)19-6/h7-11H,1-6H3. The molecule has 0 unspecified atom stereocenters. The predicted octanol–water partition coefficient (Wildman–Crippen LogP) is 3.35. The van der Waals surface area contributed by atoms with E-state index in [0.29, 0.717) is 11.5 Å². The Morgan fingerprint density at radius 2 is 1.52 bits per heavy atom. The molecule has 0 aliphatic carbocycles. The summed E-state index contributed by atoms with van der Waals surface area (Å²) in [6.45, 7) is 8.16. The van der Waals surface area contributed by atoms with Crippen LogP contribution in [-0.2, 0) is 9.31 Å². The van der Waals surface area contributed by atoms with E-state index in [1.54, 1.807) is 14.2 Å². The van der Waals surface area contributed by atoms with E-state index in [1.807, 2.05) is 57.9 Å². The van der Waals surface area contributed by atoms with Gasteiger partial charge in [0.1, 0.15) is 0 Å². The average molecular weight is 290 g/mol. The molecule has 0 radical (unpaired) electrons. The molecule has 2 rings (SSSR count). The predicted molar refractivity (Wildman–Crippen MR) is 84.7 cm³/mol. The van der Waals surface area contributed by atoms with Gasteiger partial charge in [-0.3, -0.25) is 0 Å². The van der Waals surface area contributed by atoms with Gasteiger partial charge in [0.25, 0.3) is 0 Å². The maximum absolute atomic E-state index is 5.92. The summed E-state index contributed by atoms with van der Waals surface area (Å²) in [5.41, 5.74) is 0.363. The first-order chi connectivity index (χ1) is 9.79. The van der Waals surface area contributed by atoms with E-state index < -0.39 is 0 Å². The molecule has 0 bridgehead atoms. The van der Waals surface area contributed by atoms with Crippen molar-refractivity contribution in [2.24, 2.45) is 0 Å². The number of hydrogen-bond donors (Lipinski definition) is 0. The molecule has 1 saturated heterocycles. The highest BCUT2D eigenvalue weighted by Gasteiger charge is 2.49. The number of hydrogen-bond acceptors (Lipinski definition) is 4. The molecule has 0 aromatic heterocycles. The van der Waals surface area contributed by atoms with Crippen LogP contribution < -0.4 is 9.47 Å². The first kappa shape index (κ1) is 15.9. The van der Waals surface area contributed by atoms with Crippen molar-refractivity contribution >= 4 is 13.2 Å². The molecule has 1 aromatic carbocycles. The molecule has 1 fully saturated rings. The number of methoxy groups -OCH3 is 2. The smallest absolute Gasteiger partial charge is 0.487 e. The van der Waals surface area contributed by atoms with Crippen molar-refractivity contribution in [3.8, 4) is 11.5 Å². The maximum Gasteiger partial charge on any atom is 0.487 e. The summed E-state index contributed by atoms with van der Waals surface area (Å²) in [6, 6.07) is 5.76. The zero-order valence-corrected chi connectivity index (χ0v) is 13.6. The monoisotopic (exact) mass is 290 g/mol. The lowest BCUT2D eigenvalue weighted by molar-refractivity contribution is 0.00578. The third-order valence-corrected chi connectivity index (χ3v) is 4.12. The third-order valence-electron chi connectivity index (χ3n) is 4.12. The summed E-state index contributed by atoms with van der Waals surface area (Å²) in [7, 11) is 2.90. The van der Waals surface area contributed by atoms with E-state index in [-0.39, 0.29) is 18.3 Å². The van der Waals surface area contributed by atoms with E-state index in [1.165, 1.54) is 0 Å². The van der Waals surface area contributed by atoms with Crippen LogP contribution >= 0.6 is 0 Å². The maximum atomic E-state index is 5.92. The second kappa shape index (κ2) is 5.74. The van der Waals surface area contributed by atoms with Gasteiger partial charge in [-0.2, -0.15) is 0 Å². The van der Waals surface area contributed by atoms with Crippen LogP contribution in [0.15, 0.2) is 24.2 Å². The summed E-state index contributed by atoms with van der Waals surface area (Å²) < 4.78 is 22.4. The van der Waals surface area contributed by atoms with Crippen LogP contribution in [0.5, 0.6) is 11.5 Å². The number of ether oxygens (including phenoxy) is 2. The number of rotatable bonds is 4. The molecule has 1 heterocycles. The molecule has 1 aliphatic rings. The van der Waals surface area contributed by atoms with Crippen LogP contribution in [0.3, 0.4) is 0 Å². The van der Waals surface area contributed by atoms with Crippen LogP contribution in [0, 0.1) is 0 Å².